The van der Waals surface area contributed by atoms with Crippen LogP contribution in [0.2, 0.25) is 0 Å². The average Bonchev–Trinajstić information content (AvgIpc) is 4.06. The Labute approximate surface area is 407 Å². The zero-order valence-electron chi connectivity index (χ0n) is 39.7. The van der Waals surface area contributed by atoms with E-state index in [1.54, 1.807) is 95.6 Å². The molecule has 0 spiro atoms. The lowest BCUT2D eigenvalue weighted by Crippen LogP contribution is -2.44. The summed E-state index contributed by atoms with van der Waals surface area (Å²) in [6.45, 7) is 9.14. The highest BCUT2D eigenvalue weighted by molar-refractivity contribution is 7.91. The molecule has 0 bridgehead atoms. The van der Waals surface area contributed by atoms with Gasteiger partial charge in [0.25, 0.3) is 31.9 Å². The summed E-state index contributed by atoms with van der Waals surface area (Å²) in [7, 11) is -3.90. The van der Waals surface area contributed by atoms with Crippen LogP contribution in [0.25, 0.3) is 0 Å². The molecule has 67 heavy (non-hydrogen) atoms. The monoisotopic (exact) mass is 1000 g/mol. The first-order chi connectivity index (χ1) is 32.4. The number of methoxy groups -OCH3 is 2. The fraction of sp³-hybridized carbons (Fsp3) is 0.551. The van der Waals surface area contributed by atoms with Crippen LogP contribution in [0.5, 0.6) is 11.5 Å². The second-order valence-corrected chi connectivity index (χ2v) is 23.7. The van der Waals surface area contributed by atoms with Crippen LogP contribution < -0.4 is 30.7 Å². The fourth-order valence-electron chi connectivity index (χ4n) is 8.00. The predicted octanol–water partition coefficient (Wildman–Crippen LogP) is 8.41. The van der Waals surface area contributed by atoms with Crippen LogP contribution in [-0.2, 0) is 33.1 Å². The summed E-state index contributed by atoms with van der Waals surface area (Å²) < 4.78 is 66.5. The minimum absolute atomic E-state index is 0.225. The van der Waals surface area contributed by atoms with Gasteiger partial charge in [0.1, 0.15) is 19.9 Å². The maximum absolute atomic E-state index is 13.1. The first-order valence-electron chi connectivity index (χ1n) is 23.9. The number of nitrogens with zero attached hydrogens (tertiary/aromatic N) is 2. The highest BCUT2D eigenvalue weighted by Crippen LogP contribution is 2.29. The van der Waals surface area contributed by atoms with E-state index in [0.717, 1.165) is 48.5 Å². The SMILES string of the molecule is CCCCCCCCNC1CCN(S(=O)(=O)c2ccc(CNC(=O)c3cccc(OC)c3)s2)CC1.CCCCCNC1CCN(S(=O)(=O)c2ccc(CNC(=O)c3cccc(OC)c3)s2)CC1. The van der Waals surface area contributed by atoms with Gasteiger partial charge in [-0.1, -0.05) is 70.9 Å². The lowest BCUT2D eigenvalue weighted by atomic mass is 10.1. The van der Waals surface area contributed by atoms with E-state index in [4.69, 9.17) is 9.47 Å². The van der Waals surface area contributed by atoms with Gasteiger partial charge in [-0.3, -0.25) is 9.59 Å². The van der Waals surface area contributed by atoms with Gasteiger partial charge in [-0.05, 0) is 112 Å². The number of amides is 2. The number of benzene rings is 2. The summed E-state index contributed by atoms with van der Waals surface area (Å²) in [4.78, 5) is 26.4. The van der Waals surface area contributed by atoms with Crippen LogP contribution in [0.3, 0.4) is 0 Å². The van der Waals surface area contributed by atoms with Gasteiger partial charge in [0.15, 0.2) is 0 Å². The summed E-state index contributed by atoms with van der Waals surface area (Å²) in [6, 6.07) is 21.5. The third-order valence-corrected chi connectivity index (χ3v) is 19.0. The van der Waals surface area contributed by atoms with Gasteiger partial charge in [0, 0.05) is 59.1 Å². The first kappa shape index (κ1) is 54.1. The van der Waals surface area contributed by atoms with E-state index in [-0.39, 0.29) is 24.9 Å². The molecule has 4 N–H and O–H groups in total. The third-order valence-electron chi connectivity index (χ3n) is 12.1. The maximum Gasteiger partial charge on any atom is 0.252 e. The van der Waals surface area contributed by atoms with Crippen molar-refractivity contribution in [3.8, 4) is 11.5 Å². The van der Waals surface area contributed by atoms with E-state index < -0.39 is 20.0 Å². The predicted molar refractivity (Wildman–Crippen MR) is 269 cm³/mol. The van der Waals surface area contributed by atoms with Crippen molar-refractivity contribution in [1.82, 2.24) is 29.9 Å². The number of hydrogen-bond donors (Lipinski definition) is 4. The van der Waals surface area contributed by atoms with Crippen LogP contribution in [0.1, 0.15) is 128 Å². The Morgan fingerprint density at radius 1 is 0.567 bits per heavy atom. The van der Waals surface area contributed by atoms with Crippen LogP contribution >= 0.6 is 22.7 Å². The standard InChI is InChI=1S/C26H39N3O4S2.C23H33N3O4S2/c1-3-4-5-6-7-8-16-27-22-14-17-29(18-15-22)35(31,32)25-13-12-24(34-25)20-28-26(30)21-10-9-11-23(19-21)33-2;1-3-4-5-13-24-19-11-14-26(15-12-19)32(28,29)22-10-9-21(31-22)17-25-23(27)18-7-6-8-20(16-18)30-2/h9-13,19,22,27H,3-8,14-18,20H2,1-2H3,(H,28,30);6-10,16,19,24H,3-5,11-15,17H2,1-2H3,(H,25,27). The number of sulfonamides is 2. The van der Waals surface area contributed by atoms with Crippen molar-refractivity contribution in [2.24, 2.45) is 0 Å². The molecule has 2 aromatic heterocycles. The van der Waals surface area contributed by atoms with E-state index in [1.807, 2.05) is 0 Å². The minimum Gasteiger partial charge on any atom is -0.497 e. The van der Waals surface area contributed by atoms with Gasteiger partial charge >= 0.3 is 0 Å². The van der Waals surface area contributed by atoms with E-state index >= 15 is 0 Å². The number of carbonyl (C=O) groups excluding carboxylic acids is 2. The summed E-state index contributed by atoms with van der Waals surface area (Å²) in [5, 5.41) is 12.9. The fourth-order valence-corrected chi connectivity index (χ4v) is 13.8. The van der Waals surface area contributed by atoms with Crippen LogP contribution in [-0.4, -0.2) is 103 Å². The molecule has 14 nitrogen and oxygen atoms in total. The molecule has 4 heterocycles. The normalized spacial score (nSPS) is 15.4. The molecule has 18 heteroatoms. The molecule has 4 aromatic rings. The Balaban J connectivity index is 0.000000252. The van der Waals surface area contributed by atoms with Crippen LogP contribution in [0.15, 0.2) is 81.2 Å². The van der Waals surface area contributed by atoms with Crippen molar-refractivity contribution >= 4 is 54.5 Å². The van der Waals surface area contributed by atoms with Crippen LogP contribution in [0, 0.1) is 0 Å². The van der Waals surface area contributed by atoms with Crippen molar-refractivity contribution in [2.75, 3.05) is 53.5 Å². The van der Waals surface area contributed by atoms with Gasteiger partial charge in [-0.15, -0.1) is 22.7 Å². The van der Waals surface area contributed by atoms with Gasteiger partial charge in [-0.2, -0.15) is 8.61 Å². The molecule has 2 amide bonds. The molecular weight excluding hydrogens is 929 g/mol. The van der Waals surface area contributed by atoms with Gasteiger partial charge in [-0.25, -0.2) is 16.8 Å². The molecule has 2 aliphatic rings. The average molecular weight is 1000 g/mol. The van der Waals surface area contributed by atoms with Crippen molar-refractivity contribution < 1.29 is 35.9 Å². The van der Waals surface area contributed by atoms with E-state index in [9.17, 15) is 26.4 Å². The maximum atomic E-state index is 13.1. The zero-order valence-corrected chi connectivity index (χ0v) is 43.0. The first-order valence-corrected chi connectivity index (χ1v) is 28.4. The third kappa shape index (κ3) is 16.9. The number of piperidine rings is 2. The lowest BCUT2D eigenvalue weighted by Gasteiger charge is -2.31. The number of carbonyl (C=O) groups is 2. The Hall–Kier alpha value is -3.88. The molecule has 0 radical (unpaired) electrons. The Morgan fingerprint density at radius 3 is 1.37 bits per heavy atom. The zero-order chi connectivity index (χ0) is 48.1. The van der Waals surface area contributed by atoms with Crippen LogP contribution in [0.4, 0.5) is 0 Å². The van der Waals surface area contributed by atoms with Crippen molar-refractivity contribution in [3.63, 3.8) is 0 Å². The van der Waals surface area contributed by atoms with E-state index in [1.165, 1.54) is 80.5 Å². The number of rotatable bonds is 25. The van der Waals surface area contributed by atoms with Crippen molar-refractivity contribution in [2.45, 2.75) is 131 Å². The largest absolute Gasteiger partial charge is 0.497 e. The second kappa shape index (κ2) is 27.9. The summed E-state index contributed by atoms with van der Waals surface area (Å²) in [5.41, 5.74) is 1.00. The quantitative estimate of drug-likeness (QED) is 0.0472. The molecule has 2 aromatic carbocycles. The second-order valence-electron chi connectivity index (χ2n) is 17.0. The molecule has 2 aliphatic heterocycles. The summed E-state index contributed by atoms with van der Waals surface area (Å²) in [6.07, 6.45) is 14.6. The van der Waals surface area contributed by atoms with E-state index in [0.29, 0.717) is 69.3 Å². The molecule has 0 aliphatic carbocycles. The van der Waals surface area contributed by atoms with Crippen molar-refractivity contribution in [3.05, 3.63) is 93.7 Å². The van der Waals surface area contributed by atoms with Crippen molar-refractivity contribution in [1.29, 1.82) is 0 Å². The number of unbranched alkanes of at least 4 members (excludes halogenated alkanes) is 7. The smallest absolute Gasteiger partial charge is 0.252 e. The molecular formula is C49H72N6O8S4. The molecule has 2 saturated heterocycles. The minimum atomic E-state index is -3.51. The Morgan fingerprint density at radius 2 is 0.955 bits per heavy atom. The topological polar surface area (TPSA) is 175 Å². The molecule has 0 atom stereocenters. The number of hydrogen-bond acceptors (Lipinski definition) is 12. The van der Waals surface area contributed by atoms with E-state index in [2.05, 4.69) is 35.1 Å². The molecule has 370 valence electrons. The lowest BCUT2D eigenvalue weighted by molar-refractivity contribution is 0.0943. The summed E-state index contributed by atoms with van der Waals surface area (Å²) in [5.74, 6) is 0.776. The number of thiophene rings is 2. The molecule has 0 unspecified atom stereocenters. The highest BCUT2D eigenvalue weighted by atomic mass is 32.3. The molecule has 6 rings (SSSR count). The molecule has 2 fully saturated rings. The van der Waals surface area contributed by atoms with Gasteiger partial charge in [0.05, 0.1) is 27.3 Å². The Kier molecular flexibility index (Phi) is 22.6. The number of nitrogens with one attached hydrogen (secondary N) is 4. The summed E-state index contributed by atoms with van der Waals surface area (Å²) >= 11 is 2.43. The van der Waals surface area contributed by atoms with Gasteiger partial charge in [0.2, 0.25) is 0 Å². The Bertz CT molecular complexity index is 2340. The number of ether oxygens (including phenoxy) is 2. The van der Waals surface area contributed by atoms with Gasteiger partial charge < -0.3 is 30.7 Å². The molecule has 0 saturated carbocycles. The highest BCUT2D eigenvalue weighted by Gasteiger charge is 2.32.